The van der Waals surface area contributed by atoms with Crippen molar-refractivity contribution in [1.29, 1.82) is 0 Å². The first-order chi connectivity index (χ1) is 8.29. The molecule has 0 fully saturated rings. The summed E-state index contributed by atoms with van der Waals surface area (Å²) >= 11 is 0. The number of aryl methyl sites for hydroxylation is 1. The molecule has 18 heavy (non-hydrogen) atoms. The van der Waals surface area contributed by atoms with E-state index >= 15 is 0 Å². The number of rotatable bonds is 5. The second-order valence-electron chi connectivity index (χ2n) is 3.31. The van der Waals surface area contributed by atoms with Crippen molar-refractivity contribution >= 4 is 21.6 Å². The highest BCUT2D eigenvalue weighted by Crippen LogP contribution is 2.22. The van der Waals surface area contributed by atoms with Crippen molar-refractivity contribution < 1.29 is 22.9 Å². The Labute approximate surface area is 102 Å². The summed E-state index contributed by atoms with van der Waals surface area (Å²) in [5.74, 6) is -2.73. The summed E-state index contributed by atoms with van der Waals surface area (Å²) < 4.78 is 29.2. The van der Waals surface area contributed by atoms with Crippen molar-refractivity contribution in [3.63, 3.8) is 0 Å². The van der Waals surface area contributed by atoms with E-state index in [9.17, 15) is 23.3 Å². The largest absolute Gasteiger partial charge is 0.465 e. The van der Waals surface area contributed by atoms with Gasteiger partial charge in [-0.05, 0) is 16.8 Å². The zero-order valence-electron chi connectivity index (χ0n) is 9.69. The first-order valence-electron chi connectivity index (χ1n) is 4.83. The quantitative estimate of drug-likeness (QED) is 0.410. The number of carbonyl (C=O) groups is 1. The Morgan fingerprint density at radius 3 is 2.72 bits per heavy atom. The van der Waals surface area contributed by atoms with E-state index in [-0.39, 0.29) is 6.61 Å². The third-order valence-electron chi connectivity index (χ3n) is 1.95. The minimum atomic E-state index is -4.16. The molecule has 0 bridgehead atoms. The second kappa shape index (κ2) is 5.12. The molecular formula is C8H11N3O6S. The van der Waals surface area contributed by atoms with Gasteiger partial charge >= 0.3 is 11.8 Å². The fraction of sp³-hybridized carbons (Fsp3) is 0.500. The van der Waals surface area contributed by atoms with Crippen LogP contribution < -0.4 is 0 Å². The maximum absolute atomic E-state index is 11.9. The number of sulfone groups is 1. The minimum Gasteiger partial charge on any atom is -0.465 e. The van der Waals surface area contributed by atoms with Gasteiger partial charge in [0.1, 0.15) is 0 Å². The molecule has 0 saturated carbocycles. The number of aromatic nitrogens is 2. The first-order valence-corrected chi connectivity index (χ1v) is 6.49. The Balaban J connectivity index is 3.16. The van der Waals surface area contributed by atoms with Crippen molar-refractivity contribution in [3.05, 3.63) is 16.4 Å². The van der Waals surface area contributed by atoms with Crippen molar-refractivity contribution in [1.82, 2.24) is 9.55 Å². The average Bonchev–Trinajstić information content (AvgIpc) is 2.60. The molecule has 100 valence electrons. The van der Waals surface area contributed by atoms with Crippen LogP contribution in [0.5, 0.6) is 0 Å². The number of esters is 1. The van der Waals surface area contributed by atoms with Crippen molar-refractivity contribution in [2.45, 2.75) is 11.9 Å². The van der Waals surface area contributed by atoms with Crippen molar-refractivity contribution in [3.8, 4) is 0 Å². The van der Waals surface area contributed by atoms with Crippen LogP contribution in [0.3, 0.4) is 0 Å². The van der Waals surface area contributed by atoms with Crippen LogP contribution in [0.25, 0.3) is 0 Å². The van der Waals surface area contributed by atoms with Gasteiger partial charge in [-0.2, -0.15) is 0 Å². The van der Waals surface area contributed by atoms with E-state index < -0.39 is 37.3 Å². The van der Waals surface area contributed by atoms with E-state index in [1.807, 2.05) is 0 Å². The summed E-state index contributed by atoms with van der Waals surface area (Å²) in [6.45, 7) is 1.55. The van der Waals surface area contributed by atoms with Gasteiger partial charge in [0.05, 0.1) is 6.61 Å². The van der Waals surface area contributed by atoms with E-state index in [0.717, 1.165) is 10.9 Å². The molecule has 0 atom stereocenters. The Bertz CT molecular complexity index is 576. The van der Waals surface area contributed by atoms with E-state index in [2.05, 4.69) is 9.72 Å². The SMILES string of the molecule is CCOC(=O)CS(=O)(=O)c1c([N+](=O)[O-])ncn1C. The second-order valence-corrected chi connectivity index (χ2v) is 5.21. The fourth-order valence-corrected chi connectivity index (χ4v) is 2.74. The molecule has 1 aromatic rings. The highest BCUT2D eigenvalue weighted by Gasteiger charge is 2.33. The van der Waals surface area contributed by atoms with Crippen molar-refractivity contribution in [2.75, 3.05) is 12.4 Å². The predicted octanol–water partition coefficient (Wildman–Crippen LogP) is -0.335. The van der Waals surface area contributed by atoms with Gasteiger partial charge in [0.15, 0.2) is 5.75 Å². The normalized spacial score (nSPS) is 11.2. The van der Waals surface area contributed by atoms with Crippen LogP contribution in [-0.2, 0) is 26.4 Å². The van der Waals surface area contributed by atoms with Gasteiger partial charge < -0.3 is 14.9 Å². The summed E-state index contributed by atoms with van der Waals surface area (Å²) in [7, 11) is -2.87. The van der Waals surface area contributed by atoms with E-state index in [4.69, 9.17) is 0 Å². The number of nitro groups is 1. The van der Waals surface area contributed by atoms with Crippen LogP contribution in [0.15, 0.2) is 11.4 Å². The predicted molar refractivity (Wildman–Crippen MR) is 58.5 cm³/mol. The van der Waals surface area contributed by atoms with Gasteiger partial charge in [0, 0.05) is 7.05 Å². The highest BCUT2D eigenvalue weighted by molar-refractivity contribution is 7.92. The van der Waals surface area contributed by atoms with Gasteiger partial charge in [-0.25, -0.2) is 8.42 Å². The summed E-state index contributed by atoms with van der Waals surface area (Å²) in [6, 6.07) is 0. The standard InChI is InChI=1S/C8H11N3O6S/c1-3-17-6(12)4-18(15,16)8-7(11(13)14)9-5-10(8)2/h5H,3-4H2,1-2H3. The van der Waals surface area contributed by atoms with Crippen LogP contribution in [0.1, 0.15) is 6.92 Å². The van der Waals surface area contributed by atoms with E-state index in [0.29, 0.717) is 0 Å². The molecule has 0 spiro atoms. The van der Waals surface area contributed by atoms with Crippen LogP contribution >= 0.6 is 0 Å². The highest BCUT2D eigenvalue weighted by atomic mass is 32.2. The molecule has 1 heterocycles. The molecule has 0 saturated heterocycles. The van der Waals surface area contributed by atoms with Gasteiger partial charge in [0.2, 0.25) is 21.2 Å². The zero-order chi connectivity index (χ0) is 13.9. The lowest BCUT2D eigenvalue weighted by atomic mass is 10.7. The zero-order valence-corrected chi connectivity index (χ0v) is 10.5. The van der Waals surface area contributed by atoms with Crippen molar-refractivity contribution in [2.24, 2.45) is 7.05 Å². The molecule has 10 heteroatoms. The lowest BCUT2D eigenvalue weighted by Gasteiger charge is -2.04. The maximum Gasteiger partial charge on any atom is 0.401 e. The monoisotopic (exact) mass is 277 g/mol. The summed E-state index contributed by atoms with van der Waals surface area (Å²) in [4.78, 5) is 24.2. The third-order valence-corrected chi connectivity index (χ3v) is 3.62. The van der Waals surface area contributed by atoms with Crippen LogP contribution in [0.2, 0.25) is 0 Å². The lowest BCUT2D eigenvalue weighted by molar-refractivity contribution is -0.392. The van der Waals surface area contributed by atoms with Gasteiger partial charge in [-0.1, -0.05) is 0 Å². The molecule has 0 radical (unpaired) electrons. The number of carbonyl (C=O) groups excluding carboxylic acids is 1. The van der Waals surface area contributed by atoms with Gasteiger partial charge in [-0.15, -0.1) is 0 Å². The lowest BCUT2D eigenvalue weighted by Crippen LogP contribution is -2.21. The van der Waals surface area contributed by atoms with Crippen LogP contribution in [-0.4, -0.2) is 41.2 Å². The maximum atomic E-state index is 11.9. The Kier molecular flexibility index (Phi) is 4.01. The topological polar surface area (TPSA) is 121 Å². The van der Waals surface area contributed by atoms with E-state index in [1.54, 1.807) is 0 Å². The summed E-state index contributed by atoms with van der Waals surface area (Å²) in [6.07, 6.45) is 0.996. The first kappa shape index (κ1) is 14.1. The molecule has 0 aliphatic rings. The van der Waals surface area contributed by atoms with Gasteiger partial charge in [0.25, 0.3) is 0 Å². The number of hydrogen-bond acceptors (Lipinski definition) is 7. The van der Waals surface area contributed by atoms with E-state index in [1.165, 1.54) is 14.0 Å². The Hall–Kier alpha value is -1.97. The van der Waals surface area contributed by atoms with Gasteiger partial charge in [-0.3, -0.25) is 9.36 Å². The number of nitrogens with zero attached hydrogens (tertiary/aromatic N) is 3. The molecule has 0 N–H and O–H groups in total. The number of ether oxygens (including phenoxy) is 1. The fourth-order valence-electron chi connectivity index (χ4n) is 1.32. The molecule has 0 aliphatic carbocycles. The smallest absolute Gasteiger partial charge is 0.401 e. The molecule has 1 rings (SSSR count). The number of imidazole rings is 1. The minimum absolute atomic E-state index is 0.0296. The molecular weight excluding hydrogens is 266 g/mol. The molecule has 0 aliphatic heterocycles. The number of hydrogen-bond donors (Lipinski definition) is 0. The Morgan fingerprint density at radius 2 is 2.22 bits per heavy atom. The molecule has 0 unspecified atom stereocenters. The van der Waals surface area contributed by atoms with Crippen LogP contribution in [0, 0.1) is 10.1 Å². The third kappa shape index (κ3) is 2.83. The molecule has 0 aromatic carbocycles. The Morgan fingerprint density at radius 1 is 1.61 bits per heavy atom. The molecule has 0 amide bonds. The van der Waals surface area contributed by atoms with Crippen LogP contribution in [0.4, 0.5) is 5.82 Å². The average molecular weight is 277 g/mol. The summed E-state index contributed by atoms with van der Waals surface area (Å²) in [5, 5.41) is 10.0. The summed E-state index contributed by atoms with van der Waals surface area (Å²) in [5.41, 5.74) is 0. The molecule has 1 aromatic heterocycles. The molecule has 9 nitrogen and oxygen atoms in total.